The molecule has 0 aliphatic heterocycles. The molecule has 0 saturated heterocycles. The van der Waals surface area contributed by atoms with Gasteiger partial charge >= 0.3 is 11.9 Å². The molecule has 0 spiro atoms. The van der Waals surface area contributed by atoms with E-state index in [4.69, 9.17) is 9.47 Å². The highest BCUT2D eigenvalue weighted by atomic mass is 79.9. The van der Waals surface area contributed by atoms with E-state index >= 15 is 0 Å². The van der Waals surface area contributed by atoms with E-state index in [1.165, 1.54) is 13.8 Å². The van der Waals surface area contributed by atoms with Gasteiger partial charge in [0.2, 0.25) is 22.8 Å². The first-order valence-corrected chi connectivity index (χ1v) is 15.6. The van der Waals surface area contributed by atoms with Crippen LogP contribution in [0.5, 0.6) is 0 Å². The minimum absolute atomic E-state index is 0. The van der Waals surface area contributed by atoms with Gasteiger partial charge in [0.15, 0.2) is 0 Å². The first kappa shape index (κ1) is 41.4. The van der Waals surface area contributed by atoms with E-state index in [1.54, 1.807) is 24.3 Å². The van der Waals surface area contributed by atoms with Gasteiger partial charge in [0.1, 0.15) is 25.2 Å². The number of Topliss-reactive ketones (excluding diaryl/α,β-unsaturated/α-hetero) is 2. The SMILES string of the molecule is CC(=O)OC1(C#N)CCCCC1C[N+](C)(C)CC(=O)c1ccc(C(=O)C[N+](C)(C)CC2CCCCC2(C#N)OC(C)=O)cc1.[Br-].[Br-]. The summed E-state index contributed by atoms with van der Waals surface area (Å²) in [6.07, 6.45) is 6.04. The van der Waals surface area contributed by atoms with Crippen molar-refractivity contribution in [1.29, 1.82) is 10.5 Å². The number of hydrogen-bond donors (Lipinski definition) is 0. The zero-order chi connectivity index (χ0) is 32.8. The van der Waals surface area contributed by atoms with Crippen LogP contribution in [0.15, 0.2) is 24.3 Å². The van der Waals surface area contributed by atoms with Crippen LogP contribution < -0.4 is 34.0 Å². The summed E-state index contributed by atoms with van der Waals surface area (Å²) in [4.78, 5) is 50.1. The second-order valence-electron chi connectivity index (χ2n) is 14.1. The van der Waals surface area contributed by atoms with E-state index in [0.717, 1.165) is 38.5 Å². The number of ether oxygens (including phenoxy) is 2. The number of rotatable bonds is 12. The summed E-state index contributed by atoms with van der Waals surface area (Å²) in [5.41, 5.74) is -1.33. The van der Waals surface area contributed by atoms with Crippen LogP contribution in [-0.2, 0) is 19.1 Å². The fraction of sp³-hybridized carbons (Fsp3) is 0.647. The quantitative estimate of drug-likeness (QED) is 0.139. The molecule has 0 radical (unpaired) electrons. The lowest BCUT2D eigenvalue weighted by atomic mass is 9.75. The number of carbonyl (C=O) groups is 4. The zero-order valence-corrected chi connectivity index (χ0v) is 31.1. The number of nitriles is 2. The first-order valence-electron chi connectivity index (χ1n) is 15.6. The second kappa shape index (κ2) is 17.0. The molecule has 10 nitrogen and oxygen atoms in total. The normalized spacial score (nSPS) is 24.5. The Labute approximate surface area is 294 Å². The number of halogens is 2. The second-order valence-corrected chi connectivity index (χ2v) is 14.1. The summed E-state index contributed by atoms with van der Waals surface area (Å²) in [6.45, 7) is 4.07. The van der Waals surface area contributed by atoms with Crippen LogP contribution in [0.4, 0.5) is 0 Å². The number of nitrogens with zero attached hydrogens (tertiary/aromatic N) is 4. The third-order valence-corrected chi connectivity index (χ3v) is 9.15. The molecule has 0 N–H and O–H groups in total. The summed E-state index contributed by atoms with van der Waals surface area (Å²) >= 11 is 0. The highest BCUT2D eigenvalue weighted by molar-refractivity contribution is 6.00. The average molecular weight is 769 g/mol. The van der Waals surface area contributed by atoms with Gasteiger partial charge in [-0.05, 0) is 25.7 Å². The molecule has 3 rings (SSSR count). The topological polar surface area (TPSA) is 134 Å². The van der Waals surface area contributed by atoms with Crippen LogP contribution in [0.25, 0.3) is 0 Å². The molecule has 2 aliphatic rings. The Hall–Kier alpha value is -2.64. The monoisotopic (exact) mass is 766 g/mol. The van der Waals surface area contributed by atoms with Crippen molar-refractivity contribution in [2.24, 2.45) is 11.8 Å². The minimum Gasteiger partial charge on any atom is -1.00 e. The maximum absolute atomic E-state index is 13.3. The van der Waals surface area contributed by atoms with Gasteiger partial charge in [-0.3, -0.25) is 19.2 Å². The number of esters is 2. The molecule has 1 aromatic rings. The molecule has 4 atom stereocenters. The molecule has 46 heavy (non-hydrogen) atoms. The Morgan fingerprint density at radius 2 is 1.02 bits per heavy atom. The average Bonchev–Trinajstić information content (AvgIpc) is 2.94. The van der Waals surface area contributed by atoms with Crippen molar-refractivity contribution < 1.29 is 71.6 Å². The summed E-state index contributed by atoms with van der Waals surface area (Å²) < 4.78 is 11.8. The molecular formula is C34H48Br2N4O6. The maximum Gasteiger partial charge on any atom is 0.304 e. The molecule has 1 aromatic carbocycles. The van der Waals surface area contributed by atoms with E-state index in [1.807, 2.05) is 28.2 Å². The van der Waals surface area contributed by atoms with Gasteiger partial charge < -0.3 is 52.4 Å². The highest BCUT2D eigenvalue weighted by Gasteiger charge is 2.48. The van der Waals surface area contributed by atoms with Crippen molar-refractivity contribution >= 4 is 23.5 Å². The van der Waals surface area contributed by atoms with Crippen molar-refractivity contribution in [1.82, 2.24) is 0 Å². The fourth-order valence-corrected chi connectivity index (χ4v) is 7.15. The van der Waals surface area contributed by atoms with Crippen LogP contribution in [0.3, 0.4) is 0 Å². The Balaban J connectivity index is 0.00000529. The number of ketones is 2. The van der Waals surface area contributed by atoms with E-state index in [9.17, 15) is 29.7 Å². The predicted molar refractivity (Wildman–Crippen MR) is 163 cm³/mol. The van der Waals surface area contributed by atoms with E-state index < -0.39 is 23.1 Å². The van der Waals surface area contributed by atoms with Crippen molar-refractivity contribution in [3.05, 3.63) is 35.4 Å². The molecule has 2 fully saturated rings. The van der Waals surface area contributed by atoms with Crippen molar-refractivity contribution in [2.45, 2.75) is 76.4 Å². The van der Waals surface area contributed by atoms with Gasteiger partial charge in [0.25, 0.3) is 0 Å². The third kappa shape index (κ3) is 10.7. The van der Waals surface area contributed by atoms with E-state index in [0.29, 0.717) is 46.0 Å². The van der Waals surface area contributed by atoms with Crippen LogP contribution in [0.2, 0.25) is 0 Å². The number of likely N-dealkylation sites (N-methyl/N-ethyl adjacent to an activating group) is 2. The van der Waals surface area contributed by atoms with Gasteiger partial charge in [-0.1, -0.05) is 37.1 Å². The van der Waals surface area contributed by atoms with Crippen molar-refractivity contribution in [3.63, 3.8) is 0 Å². The molecular weight excluding hydrogens is 720 g/mol. The predicted octanol–water partition coefficient (Wildman–Crippen LogP) is -1.76. The maximum atomic E-state index is 13.3. The largest absolute Gasteiger partial charge is 1.00 e. The molecule has 254 valence electrons. The van der Waals surface area contributed by atoms with Crippen LogP contribution >= 0.6 is 0 Å². The highest BCUT2D eigenvalue weighted by Crippen LogP contribution is 2.39. The summed E-state index contributed by atoms with van der Waals surface area (Å²) in [6, 6.07) is 11.3. The Kier molecular flexibility index (Phi) is 15.3. The molecule has 0 heterocycles. The lowest BCUT2D eigenvalue weighted by molar-refractivity contribution is -0.886. The molecule has 0 bridgehead atoms. The standard InChI is InChI=1S/C34H48N4O6.2BrH/c1-25(39)43-33(23-35)17-9-7-11-29(33)19-37(3,4)21-31(41)27-13-15-28(16-14-27)32(42)22-38(5,6)20-30-12-8-10-18-34(30,24-36)44-26(2)40;;/h13-16,29-30H,7-12,17-22H2,1-6H3;2*1H/q+2;;/p-2. The lowest BCUT2D eigenvalue weighted by Gasteiger charge is -2.42. The van der Waals surface area contributed by atoms with E-state index in [-0.39, 0.29) is 70.5 Å². The number of benzene rings is 1. The van der Waals surface area contributed by atoms with Gasteiger partial charge in [-0.2, -0.15) is 10.5 Å². The molecule has 0 amide bonds. The number of carbonyl (C=O) groups excluding carboxylic acids is 4. The van der Waals surface area contributed by atoms with Gasteiger partial charge in [0, 0.05) is 37.8 Å². The molecule has 4 unspecified atom stereocenters. The van der Waals surface area contributed by atoms with Crippen LogP contribution in [0.1, 0.15) is 85.9 Å². The molecule has 12 heteroatoms. The summed E-state index contributed by atoms with van der Waals surface area (Å²) in [5, 5.41) is 19.9. The third-order valence-electron chi connectivity index (χ3n) is 9.15. The van der Waals surface area contributed by atoms with Crippen molar-refractivity contribution in [2.75, 3.05) is 54.4 Å². The number of quaternary nitrogens is 2. The summed E-state index contributed by atoms with van der Waals surface area (Å²) in [5.74, 6) is -1.44. The molecule has 2 saturated carbocycles. The Morgan fingerprint density at radius 1 is 0.696 bits per heavy atom. The van der Waals surface area contributed by atoms with Crippen LogP contribution in [0, 0.1) is 34.5 Å². The summed E-state index contributed by atoms with van der Waals surface area (Å²) in [7, 11) is 7.76. The minimum atomic E-state index is -1.16. The number of hydrogen-bond acceptors (Lipinski definition) is 8. The molecule has 0 aromatic heterocycles. The van der Waals surface area contributed by atoms with Gasteiger partial charge in [0.05, 0.1) is 53.1 Å². The Morgan fingerprint density at radius 3 is 1.30 bits per heavy atom. The Bertz CT molecular complexity index is 1240. The van der Waals surface area contributed by atoms with E-state index in [2.05, 4.69) is 12.1 Å². The smallest absolute Gasteiger partial charge is 0.304 e. The molecule has 2 aliphatic carbocycles. The lowest BCUT2D eigenvalue weighted by Crippen LogP contribution is -3.00. The van der Waals surface area contributed by atoms with Crippen LogP contribution in [-0.4, -0.2) is 98.0 Å². The fourth-order valence-electron chi connectivity index (χ4n) is 7.15. The van der Waals surface area contributed by atoms with Gasteiger partial charge in [-0.15, -0.1) is 0 Å². The van der Waals surface area contributed by atoms with Gasteiger partial charge in [-0.25, -0.2) is 0 Å². The zero-order valence-electron chi connectivity index (χ0n) is 27.9. The first-order chi connectivity index (χ1) is 20.6. The van der Waals surface area contributed by atoms with Crippen molar-refractivity contribution in [3.8, 4) is 12.1 Å².